The van der Waals surface area contributed by atoms with Gasteiger partial charge in [-0.3, -0.25) is 0 Å². The van der Waals surface area contributed by atoms with Crippen molar-refractivity contribution in [3.63, 3.8) is 0 Å². The first-order valence-corrected chi connectivity index (χ1v) is 7.51. The van der Waals surface area contributed by atoms with Crippen molar-refractivity contribution in [2.75, 3.05) is 13.6 Å². The molecule has 2 nitrogen and oxygen atoms in total. The van der Waals surface area contributed by atoms with Gasteiger partial charge in [-0.2, -0.15) is 0 Å². The van der Waals surface area contributed by atoms with Crippen LogP contribution in [0.1, 0.15) is 34.8 Å². The van der Waals surface area contributed by atoms with E-state index in [4.69, 9.17) is 0 Å². The summed E-state index contributed by atoms with van der Waals surface area (Å²) in [6.07, 6.45) is 3.51. The van der Waals surface area contributed by atoms with Gasteiger partial charge in [0, 0.05) is 6.42 Å². The zero-order valence-corrected chi connectivity index (χ0v) is 12.3. The lowest BCUT2D eigenvalue weighted by Crippen LogP contribution is -2.06. The Morgan fingerprint density at radius 3 is 2.62 bits per heavy atom. The van der Waals surface area contributed by atoms with Crippen LogP contribution in [0.5, 0.6) is 0 Å². The maximum atomic E-state index is 10.5. The highest BCUT2D eigenvalue weighted by atomic mass is 16.3. The second-order valence-electron chi connectivity index (χ2n) is 5.47. The molecule has 2 heteroatoms. The first-order valence-electron chi connectivity index (χ1n) is 7.51. The van der Waals surface area contributed by atoms with Crippen LogP contribution < -0.4 is 5.32 Å². The van der Waals surface area contributed by atoms with Crippen LogP contribution in [0.25, 0.3) is 5.57 Å². The van der Waals surface area contributed by atoms with E-state index < -0.39 is 6.10 Å². The molecule has 21 heavy (non-hydrogen) atoms. The summed E-state index contributed by atoms with van der Waals surface area (Å²) >= 11 is 0. The fraction of sp³-hybridized carbons (Fsp3) is 0.263. The van der Waals surface area contributed by atoms with Gasteiger partial charge in [0.25, 0.3) is 0 Å². The van der Waals surface area contributed by atoms with Gasteiger partial charge in [0.05, 0.1) is 6.10 Å². The second kappa shape index (κ2) is 6.25. The van der Waals surface area contributed by atoms with E-state index in [1.54, 1.807) is 0 Å². The Kier molecular flexibility index (Phi) is 4.18. The first kappa shape index (κ1) is 14.1. The molecule has 0 amide bonds. The Labute approximate surface area is 126 Å². The van der Waals surface area contributed by atoms with Gasteiger partial charge < -0.3 is 10.4 Å². The summed E-state index contributed by atoms with van der Waals surface area (Å²) < 4.78 is 0. The van der Waals surface area contributed by atoms with Crippen molar-refractivity contribution in [1.82, 2.24) is 5.32 Å². The number of fused-ring (bicyclic) bond motifs is 2. The normalized spacial score (nSPS) is 19.0. The third-order valence-electron chi connectivity index (χ3n) is 4.07. The molecule has 3 rings (SSSR count). The molecule has 0 heterocycles. The summed E-state index contributed by atoms with van der Waals surface area (Å²) in [5.41, 5.74) is 5.90. The van der Waals surface area contributed by atoms with E-state index in [0.717, 1.165) is 24.1 Å². The average Bonchev–Trinajstić information content (AvgIpc) is 2.63. The molecular weight excluding hydrogens is 258 g/mol. The molecule has 0 radical (unpaired) electrons. The number of aliphatic hydroxyl groups is 1. The zero-order valence-electron chi connectivity index (χ0n) is 12.3. The van der Waals surface area contributed by atoms with Crippen molar-refractivity contribution in [1.29, 1.82) is 0 Å². The van der Waals surface area contributed by atoms with E-state index in [-0.39, 0.29) is 0 Å². The van der Waals surface area contributed by atoms with Crippen LogP contribution in [0.15, 0.2) is 54.6 Å². The predicted molar refractivity (Wildman–Crippen MR) is 87.2 cm³/mol. The minimum Gasteiger partial charge on any atom is -0.388 e. The van der Waals surface area contributed by atoms with Crippen LogP contribution in [0, 0.1) is 0 Å². The number of aliphatic hydroxyl groups excluding tert-OH is 1. The Bertz CT molecular complexity index is 660. The molecule has 1 aliphatic rings. The number of rotatable bonds is 3. The lowest BCUT2D eigenvalue weighted by atomic mass is 9.93. The number of hydrogen-bond acceptors (Lipinski definition) is 2. The summed E-state index contributed by atoms with van der Waals surface area (Å²) in [7, 11) is 1.97. The van der Waals surface area contributed by atoms with Gasteiger partial charge >= 0.3 is 0 Å². The molecule has 1 atom stereocenters. The van der Waals surface area contributed by atoms with Crippen LogP contribution in [0.3, 0.4) is 0 Å². The maximum Gasteiger partial charge on any atom is 0.0836 e. The summed E-state index contributed by atoms with van der Waals surface area (Å²) in [4.78, 5) is 0. The molecule has 2 aromatic rings. The Morgan fingerprint density at radius 2 is 1.81 bits per heavy atom. The van der Waals surface area contributed by atoms with Crippen molar-refractivity contribution >= 4 is 5.57 Å². The zero-order chi connectivity index (χ0) is 14.7. The Morgan fingerprint density at radius 1 is 1.10 bits per heavy atom. The minimum atomic E-state index is -0.433. The molecule has 2 aromatic carbocycles. The van der Waals surface area contributed by atoms with Crippen LogP contribution in [-0.4, -0.2) is 18.7 Å². The molecule has 0 aromatic heterocycles. The molecule has 0 fully saturated rings. The fourth-order valence-corrected chi connectivity index (χ4v) is 3.04. The molecule has 0 saturated carbocycles. The molecule has 0 bridgehead atoms. The maximum absolute atomic E-state index is 10.5. The predicted octanol–water partition coefficient (Wildman–Crippen LogP) is 3.32. The van der Waals surface area contributed by atoms with Crippen molar-refractivity contribution in [3.8, 4) is 0 Å². The topological polar surface area (TPSA) is 32.3 Å². The molecule has 108 valence electrons. The highest BCUT2D eigenvalue weighted by Gasteiger charge is 2.22. The van der Waals surface area contributed by atoms with E-state index in [9.17, 15) is 5.11 Å². The van der Waals surface area contributed by atoms with Crippen molar-refractivity contribution < 1.29 is 5.11 Å². The van der Waals surface area contributed by atoms with Gasteiger partial charge in [-0.05, 0) is 47.8 Å². The number of nitrogens with one attached hydrogen (secondary N) is 1. The van der Waals surface area contributed by atoms with E-state index in [1.807, 2.05) is 31.3 Å². The first-order chi connectivity index (χ1) is 10.3. The largest absolute Gasteiger partial charge is 0.388 e. The third kappa shape index (κ3) is 2.78. The Balaban J connectivity index is 2.16. The monoisotopic (exact) mass is 279 g/mol. The van der Waals surface area contributed by atoms with E-state index >= 15 is 0 Å². The lowest BCUT2D eigenvalue weighted by molar-refractivity contribution is 0.179. The van der Waals surface area contributed by atoms with Gasteiger partial charge in [0.1, 0.15) is 0 Å². The third-order valence-corrected chi connectivity index (χ3v) is 4.07. The van der Waals surface area contributed by atoms with E-state index in [0.29, 0.717) is 6.42 Å². The number of hydrogen-bond donors (Lipinski definition) is 2. The number of benzene rings is 2. The van der Waals surface area contributed by atoms with E-state index in [1.165, 1.54) is 16.7 Å². The molecular formula is C19H21NO. The summed E-state index contributed by atoms with van der Waals surface area (Å²) in [6.45, 7) is 0.955. The van der Waals surface area contributed by atoms with Gasteiger partial charge in [-0.1, -0.05) is 54.6 Å². The van der Waals surface area contributed by atoms with Crippen molar-refractivity contribution in [2.24, 2.45) is 0 Å². The van der Waals surface area contributed by atoms with Gasteiger partial charge in [0.15, 0.2) is 0 Å². The van der Waals surface area contributed by atoms with E-state index in [2.05, 4.69) is 35.7 Å². The SMILES string of the molecule is CNCCC=C1c2ccccc2C[C@H](O)c2ccccc21. The highest BCUT2D eigenvalue weighted by Crippen LogP contribution is 2.37. The van der Waals surface area contributed by atoms with Gasteiger partial charge in [0.2, 0.25) is 0 Å². The second-order valence-corrected chi connectivity index (χ2v) is 5.47. The van der Waals surface area contributed by atoms with Gasteiger partial charge in [-0.25, -0.2) is 0 Å². The molecule has 0 saturated heterocycles. The molecule has 0 spiro atoms. The van der Waals surface area contributed by atoms with Gasteiger partial charge in [-0.15, -0.1) is 0 Å². The molecule has 0 unspecified atom stereocenters. The van der Waals surface area contributed by atoms with Crippen molar-refractivity contribution in [2.45, 2.75) is 18.9 Å². The smallest absolute Gasteiger partial charge is 0.0836 e. The molecule has 2 N–H and O–H groups in total. The van der Waals surface area contributed by atoms with Crippen LogP contribution in [-0.2, 0) is 6.42 Å². The van der Waals surface area contributed by atoms with Crippen LogP contribution >= 0.6 is 0 Å². The molecule has 0 aliphatic heterocycles. The summed E-state index contributed by atoms with van der Waals surface area (Å²) in [6, 6.07) is 16.6. The standard InChI is InChI=1S/C19H21NO/c1-20-12-6-11-16-15-8-3-2-7-14(15)13-19(21)18-10-5-4-9-17(16)18/h2-5,7-11,19-21H,6,12-13H2,1H3/t19-/m0/s1. The summed E-state index contributed by atoms with van der Waals surface area (Å²) in [5, 5.41) is 13.7. The fourth-order valence-electron chi connectivity index (χ4n) is 3.04. The van der Waals surface area contributed by atoms with Crippen LogP contribution in [0.2, 0.25) is 0 Å². The van der Waals surface area contributed by atoms with Crippen LogP contribution in [0.4, 0.5) is 0 Å². The lowest BCUT2D eigenvalue weighted by Gasteiger charge is -2.13. The summed E-state index contributed by atoms with van der Waals surface area (Å²) in [5.74, 6) is 0. The molecule has 1 aliphatic carbocycles. The minimum absolute atomic E-state index is 0.433. The average molecular weight is 279 g/mol. The highest BCUT2D eigenvalue weighted by molar-refractivity contribution is 5.84. The Hall–Kier alpha value is -1.90. The van der Waals surface area contributed by atoms with Crippen molar-refractivity contribution in [3.05, 3.63) is 76.9 Å². The quantitative estimate of drug-likeness (QED) is 0.845.